The maximum Gasteiger partial charge on any atom is 0.136 e. The summed E-state index contributed by atoms with van der Waals surface area (Å²) in [4.78, 5) is 0. The fourth-order valence-electron chi connectivity index (χ4n) is 6.05. The fourth-order valence-corrected chi connectivity index (χ4v) is 6.05. The molecule has 0 radical (unpaired) electrons. The molecular formula is C39H25N3O. The number of nitrogens with zero attached hydrogens (tertiary/aromatic N) is 3. The number of furan rings is 1. The van der Waals surface area contributed by atoms with Gasteiger partial charge < -0.3 is 4.42 Å². The Bertz CT molecular complexity index is 2220. The summed E-state index contributed by atoms with van der Waals surface area (Å²) < 4.78 is 6.34. The van der Waals surface area contributed by atoms with E-state index in [2.05, 4.69) is 113 Å². The number of benzene rings is 6. The van der Waals surface area contributed by atoms with Crippen LogP contribution in [0.15, 0.2) is 156 Å². The number of aromatic nitrogens is 3. The largest absolute Gasteiger partial charge is 0.456 e. The molecule has 4 heteroatoms. The third kappa shape index (κ3) is 4.28. The van der Waals surface area contributed by atoms with Gasteiger partial charge in [-0.3, -0.25) is 0 Å². The van der Waals surface area contributed by atoms with Crippen LogP contribution < -0.4 is 0 Å². The molecule has 0 aliphatic heterocycles. The van der Waals surface area contributed by atoms with Gasteiger partial charge in [0.05, 0.1) is 0 Å². The first-order chi connectivity index (χ1) is 21.4. The Morgan fingerprint density at radius 2 is 0.953 bits per heavy atom. The molecule has 2 aromatic heterocycles. The predicted octanol–water partition coefficient (Wildman–Crippen LogP) is 10.1. The number of hydrogen-bond donors (Lipinski definition) is 0. The van der Waals surface area contributed by atoms with Gasteiger partial charge in [0, 0.05) is 33.0 Å². The zero-order valence-corrected chi connectivity index (χ0v) is 23.2. The van der Waals surface area contributed by atoms with Gasteiger partial charge in [-0.15, -0.1) is 10.2 Å². The molecule has 0 spiro atoms. The molecule has 0 amide bonds. The van der Waals surface area contributed by atoms with Crippen LogP contribution in [0.2, 0.25) is 0 Å². The summed E-state index contributed by atoms with van der Waals surface area (Å²) in [5.41, 5.74) is 11.5. The zero-order valence-electron chi connectivity index (χ0n) is 23.2. The Labute approximate surface area is 248 Å². The molecule has 43 heavy (non-hydrogen) atoms. The molecule has 8 aromatic rings. The first-order valence-electron chi connectivity index (χ1n) is 14.3. The van der Waals surface area contributed by atoms with Crippen LogP contribution in [-0.2, 0) is 0 Å². The van der Waals surface area contributed by atoms with Gasteiger partial charge in [0.2, 0.25) is 0 Å². The number of para-hydroxylation sites is 1. The Hall–Kier alpha value is -5.87. The van der Waals surface area contributed by atoms with Gasteiger partial charge in [-0.1, -0.05) is 133 Å². The van der Waals surface area contributed by atoms with Gasteiger partial charge in [-0.2, -0.15) is 0 Å². The van der Waals surface area contributed by atoms with E-state index in [0.717, 1.165) is 77.8 Å². The maximum absolute atomic E-state index is 6.34. The molecule has 0 atom stereocenters. The van der Waals surface area contributed by atoms with E-state index >= 15 is 0 Å². The minimum atomic E-state index is 0.767. The molecule has 0 aliphatic carbocycles. The van der Waals surface area contributed by atoms with E-state index in [1.165, 1.54) is 0 Å². The average molecular weight is 552 g/mol. The molecule has 0 unspecified atom stereocenters. The SMILES string of the molecule is c1ccc(-c2ccccc2-c2c(-c3ccccc3)nnnc2-c2ccc3oc4ccccc4c3c2-c2ccccc2)cc1. The number of hydrogen-bond acceptors (Lipinski definition) is 4. The maximum atomic E-state index is 6.34. The van der Waals surface area contributed by atoms with Gasteiger partial charge in [0.15, 0.2) is 0 Å². The highest BCUT2D eigenvalue weighted by Gasteiger charge is 2.25. The number of rotatable bonds is 5. The van der Waals surface area contributed by atoms with Gasteiger partial charge in [-0.05, 0) is 45.7 Å². The van der Waals surface area contributed by atoms with Crippen molar-refractivity contribution in [1.82, 2.24) is 15.4 Å². The highest BCUT2D eigenvalue weighted by molar-refractivity contribution is 6.16. The van der Waals surface area contributed by atoms with Crippen LogP contribution >= 0.6 is 0 Å². The van der Waals surface area contributed by atoms with E-state index in [1.807, 2.05) is 48.5 Å². The van der Waals surface area contributed by atoms with E-state index in [0.29, 0.717) is 0 Å². The molecule has 0 fully saturated rings. The fraction of sp³-hybridized carbons (Fsp3) is 0. The van der Waals surface area contributed by atoms with Crippen molar-refractivity contribution < 1.29 is 4.42 Å². The molecule has 202 valence electrons. The van der Waals surface area contributed by atoms with Crippen LogP contribution in [0.25, 0.3) is 77.8 Å². The van der Waals surface area contributed by atoms with Crippen molar-refractivity contribution in [1.29, 1.82) is 0 Å². The van der Waals surface area contributed by atoms with Crippen LogP contribution in [-0.4, -0.2) is 15.4 Å². The normalized spacial score (nSPS) is 11.3. The second-order valence-electron chi connectivity index (χ2n) is 10.5. The predicted molar refractivity (Wildman–Crippen MR) is 174 cm³/mol. The second kappa shape index (κ2) is 10.5. The summed E-state index contributed by atoms with van der Waals surface area (Å²) in [5.74, 6) is 0. The summed E-state index contributed by atoms with van der Waals surface area (Å²) in [7, 11) is 0. The van der Waals surface area contributed by atoms with Crippen LogP contribution in [0.3, 0.4) is 0 Å². The van der Waals surface area contributed by atoms with E-state index in [4.69, 9.17) is 9.52 Å². The molecule has 4 nitrogen and oxygen atoms in total. The van der Waals surface area contributed by atoms with Gasteiger partial charge in [-0.25, -0.2) is 0 Å². The van der Waals surface area contributed by atoms with Gasteiger partial charge in [0.1, 0.15) is 22.6 Å². The second-order valence-corrected chi connectivity index (χ2v) is 10.5. The van der Waals surface area contributed by atoms with E-state index in [-0.39, 0.29) is 0 Å². The summed E-state index contributed by atoms with van der Waals surface area (Å²) in [6, 6.07) is 52.0. The van der Waals surface area contributed by atoms with Crippen LogP contribution in [0.4, 0.5) is 0 Å². The monoisotopic (exact) mass is 551 g/mol. The van der Waals surface area contributed by atoms with Crippen LogP contribution in [0.5, 0.6) is 0 Å². The molecular weight excluding hydrogens is 526 g/mol. The summed E-state index contributed by atoms with van der Waals surface area (Å²) in [6.45, 7) is 0. The van der Waals surface area contributed by atoms with E-state index < -0.39 is 0 Å². The minimum absolute atomic E-state index is 0.767. The molecule has 8 rings (SSSR count). The zero-order chi connectivity index (χ0) is 28.6. The van der Waals surface area contributed by atoms with Gasteiger partial charge >= 0.3 is 0 Å². The highest BCUT2D eigenvalue weighted by Crippen LogP contribution is 2.47. The average Bonchev–Trinajstić information content (AvgIpc) is 3.47. The molecule has 0 N–H and O–H groups in total. The highest BCUT2D eigenvalue weighted by atomic mass is 16.3. The standard InChI is InChI=1S/C39H25N3O/c1-4-14-26(15-5-1)29-20-10-11-21-30(29)37-38(28-18-8-3-9-19-28)40-42-41-39(37)32-24-25-34-36(31-22-12-13-23-33(31)43-34)35(32)27-16-6-2-7-17-27/h1-25H. The van der Waals surface area contributed by atoms with Crippen molar-refractivity contribution in [2.75, 3.05) is 0 Å². The smallest absolute Gasteiger partial charge is 0.136 e. The van der Waals surface area contributed by atoms with E-state index in [1.54, 1.807) is 0 Å². The molecule has 6 aromatic carbocycles. The van der Waals surface area contributed by atoms with Crippen molar-refractivity contribution in [2.45, 2.75) is 0 Å². The van der Waals surface area contributed by atoms with Crippen LogP contribution in [0.1, 0.15) is 0 Å². The summed E-state index contributed by atoms with van der Waals surface area (Å²) in [5, 5.41) is 16.0. The van der Waals surface area contributed by atoms with Crippen molar-refractivity contribution in [2.24, 2.45) is 0 Å². The van der Waals surface area contributed by atoms with Crippen molar-refractivity contribution in [3.8, 4) is 55.9 Å². The van der Waals surface area contributed by atoms with Crippen molar-refractivity contribution >= 4 is 21.9 Å². The lowest BCUT2D eigenvalue weighted by atomic mass is 9.86. The molecule has 0 saturated heterocycles. The third-order valence-electron chi connectivity index (χ3n) is 7.95. The Kier molecular flexibility index (Phi) is 6.08. The molecule has 0 aliphatic rings. The third-order valence-corrected chi connectivity index (χ3v) is 7.95. The Morgan fingerprint density at radius 3 is 1.70 bits per heavy atom. The molecule has 0 bridgehead atoms. The number of fused-ring (bicyclic) bond motifs is 3. The van der Waals surface area contributed by atoms with E-state index in [9.17, 15) is 0 Å². The lowest BCUT2D eigenvalue weighted by Crippen LogP contribution is -2.02. The van der Waals surface area contributed by atoms with Crippen molar-refractivity contribution in [3.05, 3.63) is 152 Å². The Balaban J connectivity index is 1.52. The molecule has 0 saturated carbocycles. The van der Waals surface area contributed by atoms with Crippen molar-refractivity contribution in [3.63, 3.8) is 0 Å². The Morgan fingerprint density at radius 1 is 0.372 bits per heavy atom. The lowest BCUT2D eigenvalue weighted by molar-refractivity contribution is 0.669. The van der Waals surface area contributed by atoms with Gasteiger partial charge in [0.25, 0.3) is 0 Å². The first-order valence-corrected chi connectivity index (χ1v) is 14.3. The first kappa shape index (κ1) is 24.9. The lowest BCUT2D eigenvalue weighted by Gasteiger charge is -2.18. The van der Waals surface area contributed by atoms with Crippen LogP contribution in [0, 0.1) is 0 Å². The summed E-state index contributed by atoms with van der Waals surface area (Å²) in [6.07, 6.45) is 0. The minimum Gasteiger partial charge on any atom is -0.456 e. The summed E-state index contributed by atoms with van der Waals surface area (Å²) >= 11 is 0. The molecule has 2 heterocycles. The topological polar surface area (TPSA) is 51.8 Å². The quantitative estimate of drug-likeness (QED) is 0.214.